The van der Waals surface area contributed by atoms with E-state index in [0.29, 0.717) is 13.0 Å². The Bertz CT molecular complexity index is 310. The Labute approximate surface area is 105 Å². The topological polar surface area (TPSA) is 77.2 Å². The van der Waals surface area contributed by atoms with Crippen molar-refractivity contribution in [2.75, 3.05) is 12.3 Å². The number of nitrogens with two attached hydrogens (primary N) is 1. The molecule has 0 unspecified atom stereocenters. The lowest BCUT2D eigenvalue weighted by atomic mass is 10.1. The van der Waals surface area contributed by atoms with E-state index >= 15 is 0 Å². The zero-order chi connectivity index (χ0) is 13.3. The molecule has 0 atom stereocenters. The normalized spacial score (nSPS) is 12.0. The average molecular weight is 263 g/mol. The van der Waals surface area contributed by atoms with Crippen LogP contribution in [0.15, 0.2) is 0 Å². The molecule has 0 saturated heterocycles. The molecule has 0 amide bonds. The van der Waals surface area contributed by atoms with Crippen LogP contribution in [0.5, 0.6) is 0 Å². The van der Waals surface area contributed by atoms with Crippen molar-refractivity contribution >= 4 is 15.6 Å². The van der Waals surface area contributed by atoms with Crippen molar-refractivity contribution in [1.29, 1.82) is 0 Å². The molecule has 0 aromatic rings. The SMILES string of the molecule is CC(C)S(=O)(=O)CCC(=O)CCCCCCN. The highest BCUT2D eigenvalue weighted by molar-refractivity contribution is 7.91. The molecule has 0 radical (unpaired) electrons. The largest absolute Gasteiger partial charge is 0.330 e. The maximum absolute atomic E-state index is 11.5. The summed E-state index contributed by atoms with van der Waals surface area (Å²) in [6, 6.07) is 0. The molecule has 0 rings (SSSR count). The van der Waals surface area contributed by atoms with Crippen LogP contribution in [0.4, 0.5) is 0 Å². The summed E-state index contributed by atoms with van der Waals surface area (Å²) in [6.07, 6.45) is 4.56. The van der Waals surface area contributed by atoms with E-state index in [1.54, 1.807) is 13.8 Å². The second-order valence-corrected chi connectivity index (χ2v) is 7.33. The van der Waals surface area contributed by atoms with Gasteiger partial charge < -0.3 is 5.73 Å². The number of unbranched alkanes of at least 4 members (excludes halogenated alkanes) is 3. The Morgan fingerprint density at radius 3 is 2.18 bits per heavy atom. The van der Waals surface area contributed by atoms with Crippen molar-refractivity contribution in [2.24, 2.45) is 5.73 Å². The second-order valence-electron chi connectivity index (χ2n) is 4.66. The van der Waals surface area contributed by atoms with E-state index in [-0.39, 0.29) is 23.2 Å². The van der Waals surface area contributed by atoms with E-state index in [1.165, 1.54) is 0 Å². The van der Waals surface area contributed by atoms with Gasteiger partial charge in [-0.05, 0) is 33.2 Å². The molecular formula is C12H25NO3S. The van der Waals surface area contributed by atoms with E-state index < -0.39 is 9.84 Å². The van der Waals surface area contributed by atoms with Crippen LogP contribution < -0.4 is 5.73 Å². The standard InChI is InChI=1S/C12H25NO3S/c1-11(2)17(15,16)10-8-12(14)7-5-3-4-6-9-13/h11H,3-10,13H2,1-2H3. The van der Waals surface area contributed by atoms with Crippen molar-refractivity contribution in [3.63, 3.8) is 0 Å². The third kappa shape index (κ3) is 8.32. The minimum Gasteiger partial charge on any atom is -0.330 e. The quantitative estimate of drug-likeness (QED) is 0.608. The van der Waals surface area contributed by atoms with E-state index in [9.17, 15) is 13.2 Å². The van der Waals surface area contributed by atoms with Gasteiger partial charge in [-0.3, -0.25) is 4.79 Å². The van der Waals surface area contributed by atoms with Crippen molar-refractivity contribution in [3.05, 3.63) is 0 Å². The highest BCUT2D eigenvalue weighted by Crippen LogP contribution is 2.07. The average Bonchev–Trinajstić information content (AvgIpc) is 2.26. The minimum absolute atomic E-state index is 0.00764. The van der Waals surface area contributed by atoms with Crippen LogP contribution in [0.2, 0.25) is 0 Å². The summed E-state index contributed by atoms with van der Waals surface area (Å²) in [5.74, 6) is 0.0497. The van der Waals surface area contributed by atoms with Crippen LogP contribution in [0.1, 0.15) is 52.4 Å². The van der Waals surface area contributed by atoms with E-state index in [0.717, 1.165) is 25.7 Å². The molecule has 0 aromatic heterocycles. The molecule has 0 spiro atoms. The molecule has 0 aliphatic rings. The van der Waals surface area contributed by atoms with E-state index in [2.05, 4.69) is 0 Å². The van der Waals surface area contributed by atoms with Crippen LogP contribution in [0, 0.1) is 0 Å². The second kappa shape index (κ2) is 8.64. The van der Waals surface area contributed by atoms with Gasteiger partial charge in [0, 0.05) is 12.8 Å². The molecule has 2 N–H and O–H groups in total. The third-order valence-corrected chi connectivity index (χ3v) is 5.00. The molecule has 0 aromatic carbocycles. The van der Waals surface area contributed by atoms with Crippen molar-refractivity contribution in [1.82, 2.24) is 0 Å². The summed E-state index contributed by atoms with van der Waals surface area (Å²) in [4.78, 5) is 11.5. The van der Waals surface area contributed by atoms with Crippen LogP contribution >= 0.6 is 0 Å². The molecule has 102 valence electrons. The predicted molar refractivity (Wildman–Crippen MR) is 70.7 cm³/mol. The molecule has 5 heteroatoms. The Morgan fingerprint density at radius 2 is 1.65 bits per heavy atom. The highest BCUT2D eigenvalue weighted by atomic mass is 32.2. The molecule has 0 fully saturated rings. The first kappa shape index (κ1) is 16.6. The van der Waals surface area contributed by atoms with Gasteiger partial charge >= 0.3 is 0 Å². The van der Waals surface area contributed by atoms with Gasteiger partial charge in [0.05, 0.1) is 11.0 Å². The first-order chi connectivity index (χ1) is 7.90. The molecular weight excluding hydrogens is 238 g/mol. The smallest absolute Gasteiger partial charge is 0.153 e. The number of carbonyl (C=O) groups is 1. The maximum Gasteiger partial charge on any atom is 0.153 e. The molecule has 0 aliphatic heterocycles. The van der Waals surface area contributed by atoms with Crippen molar-refractivity contribution in [3.8, 4) is 0 Å². The van der Waals surface area contributed by atoms with Gasteiger partial charge in [-0.25, -0.2) is 8.42 Å². The fourth-order valence-corrected chi connectivity index (χ4v) is 2.42. The zero-order valence-corrected chi connectivity index (χ0v) is 11.8. The summed E-state index contributed by atoms with van der Waals surface area (Å²) in [6.45, 7) is 3.99. The molecule has 0 heterocycles. The first-order valence-electron chi connectivity index (χ1n) is 6.33. The fraction of sp³-hybridized carbons (Fsp3) is 0.917. The van der Waals surface area contributed by atoms with Gasteiger partial charge in [0.15, 0.2) is 9.84 Å². The molecule has 0 bridgehead atoms. The number of ketones is 1. The summed E-state index contributed by atoms with van der Waals surface area (Å²) < 4.78 is 23.0. The predicted octanol–water partition coefficient (Wildman–Crippen LogP) is 1.68. The molecule has 0 aliphatic carbocycles. The number of sulfone groups is 1. The maximum atomic E-state index is 11.5. The van der Waals surface area contributed by atoms with E-state index in [1.807, 2.05) is 0 Å². The van der Waals surface area contributed by atoms with Crippen LogP contribution in [-0.4, -0.2) is 31.7 Å². The summed E-state index contributed by atoms with van der Waals surface area (Å²) in [7, 11) is -3.07. The number of hydrogen-bond donors (Lipinski definition) is 1. The van der Waals surface area contributed by atoms with Gasteiger partial charge in [-0.1, -0.05) is 12.8 Å². The lowest BCUT2D eigenvalue weighted by Crippen LogP contribution is -2.19. The molecule has 17 heavy (non-hydrogen) atoms. The van der Waals surface area contributed by atoms with Gasteiger partial charge in [-0.15, -0.1) is 0 Å². The number of carbonyl (C=O) groups excluding carboxylic acids is 1. The fourth-order valence-electron chi connectivity index (χ4n) is 1.44. The Kier molecular flexibility index (Phi) is 8.43. The number of Topliss-reactive ketones (excluding diaryl/α,β-unsaturated/α-hetero) is 1. The van der Waals surface area contributed by atoms with Gasteiger partial charge in [0.2, 0.25) is 0 Å². The number of hydrogen-bond acceptors (Lipinski definition) is 4. The monoisotopic (exact) mass is 263 g/mol. The van der Waals surface area contributed by atoms with Gasteiger partial charge in [0.25, 0.3) is 0 Å². The van der Waals surface area contributed by atoms with Crippen LogP contribution in [0.3, 0.4) is 0 Å². The zero-order valence-electron chi connectivity index (χ0n) is 10.9. The van der Waals surface area contributed by atoms with E-state index in [4.69, 9.17) is 5.73 Å². The Morgan fingerprint density at radius 1 is 1.06 bits per heavy atom. The van der Waals surface area contributed by atoms with Gasteiger partial charge in [0.1, 0.15) is 5.78 Å². The molecule has 0 saturated carbocycles. The van der Waals surface area contributed by atoms with Crippen LogP contribution in [0.25, 0.3) is 0 Å². The first-order valence-corrected chi connectivity index (χ1v) is 8.05. The highest BCUT2D eigenvalue weighted by Gasteiger charge is 2.17. The summed E-state index contributed by atoms with van der Waals surface area (Å²) >= 11 is 0. The lowest BCUT2D eigenvalue weighted by molar-refractivity contribution is -0.118. The Balaban J connectivity index is 3.67. The summed E-state index contributed by atoms with van der Waals surface area (Å²) in [5.41, 5.74) is 5.36. The minimum atomic E-state index is -3.07. The lowest BCUT2D eigenvalue weighted by Gasteiger charge is -2.06. The molecule has 4 nitrogen and oxygen atoms in total. The van der Waals surface area contributed by atoms with Crippen molar-refractivity contribution < 1.29 is 13.2 Å². The summed E-state index contributed by atoms with van der Waals surface area (Å²) in [5, 5.41) is -0.389. The Hall–Kier alpha value is -0.420. The van der Waals surface area contributed by atoms with Crippen molar-refractivity contribution in [2.45, 2.75) is 57.6 Å². The third-order valence-electron chi connectivity index (χ3n) is 2.79. The van der Waals surface area contributed by atoms with Crippen LogP contribution in [-0.2, 0) is 14.6 Å². The number of rotatable bonds is 10. The van der Waals surface area contributed by atoms with Gasteiger partial charge in [-0.2, -0.15) is 0 Å².